The fourth-order valence-electron chi connectivity index (χ4n) is 1.98. The van der Waals surface area contributed by atoms with E-state index in [1.165, 1.54) is 0 Å². The first-order valence-electron chi connectivity index (χ1n) is 3.79. The molecule has 2 heteroatoms. The highest BCUT2D eigenvalue weighted by Gasteiger charge is 2.68. The van der Waals surface area contributed by atoms with Crippen molar-refractivity contribution in [2.24, 2.45) is 11.3 Å². The van der Waals surface area contributed by atoms with Crippen LogP contribution < -0.4 is 5.32 Å². The molecule has 2 atom stereocenters. The molecular weight excluding hydrogens is 126 g/mol. The fourth-order valence-corrected chi connectivity index (χ4v) is 1.98. The van der Waals surface area contributed by atoms with Gasteiger partial charge in [0.2, 0.25) is 5.91 Å². The van der Waals surface area contributed by atoms with E-state index in [2.05, 4.69) is 26.1 Å². The van der Waals surface area contributed by atoms with Gasteiger partial charge in [0.1, 0.15) is 0 Å². The van der Waals surface area contributed by atoms with E-state index in [-0.39, 0.29) is 16.9 Å². The Hall–Kier alpha value is -0.530. The fraction of sp³-hybridized carbons (Fsp3) is 0.875. The second-order valence-corrected chi connectivity index (χ2v) is 4.29. The molecule has 10 heavy (non-hydrogen) atoms. The summed E-state index contributed by atoms with van der Waals surface area (Å²) in [5, 5.41) is 2.99. The van der Waals surface area contributed by atoms with E-state index in [0.29, 0.717) is 5.92 Å². The summed E-state index contributed by atoms with van der Waals surface area (Å²) in [6.07, 6.45) is 1.09. The zero-order chi connectivity index (χ0) is 7.57. The van der Waals surface area contributed by atoms with Crippen molar-refractivity contribution in [2.75, 3.05) is 0 Å². The molecule has 1 N–H and O–H groups in total. The van der Waals surface area contributed by atoms with Crippen molar-refractivity contribution in [3.8, 4) is 0 Å². The lowest BCUT2D eigenvalue weighted by Crippen LogP contribution is -2.43. The standard InChI is InChI=1S/C8H13NO/c1-7(2)8(3)4-5(8)6(10)9-7/h5H,4H2,1-3H3,(H,9,10)/t5-,8+/m1/s1. The highest BCUT2D eigenvalue weighted by Crippen LogP contribution is 2.62. The third-order valence-corrected chi connectivity index (χ3v) is 3.42. The Morgan fingerprint density at radius 3 is 2.20 bits per heavy atom. The molecule has 0 unspecified atom stereocenters. The molecule has 2 fully saturated rings. The minimum atomic E-state index is 0.0365. The molecule has 1 amide bonds. The number of fused-ring (bicyclic) bond motifs is 1. The van der Waals surface area contributed by atoms with Crippen LogP contribution in [0.4, 0.5) is 0 Å². The van der Waals surface area contributed by atoms with E-state index in [1.807, 2.05) is 0 Å². The van der Waals surface area contributed by atoms with Crippen LogP contribution >= 0.6 is 0 Å². The molecule has 0 bridgehead atoms. The zero-order valence-electron chi connectivity index (χ0n) is 6.69. The van der Waals surface area contributed by atoms with Crippen LogP contribution in [0.5, 0.6) is 0 Å². The quantitative estimate of drug-likeness (QED) is 0.531. The third-order valence-electron chi connectivity index (χ3n) is 3.42. The maximum atomic E-state index is 11.1. The van der Waals surface area contributed by atoms with E-state index in [0.717, 1.165) is 6.42 Å². The molecule has 0 aromatic heterocycles. The summed E-state index contributed by atoms with van der Waals surface area (Å²) >= 11 is 0. The predicted molar refractivity (Wildman–Crippen MR) is 38.4 cm³/mol. The van der Waals surface area contributed by atoms with Crippen molar-refractivity contribution in [1.29, 1.82) is 0 Å². The highest BCUT2D eigenvalue weighted by atomic mass is 16.2. The summed E-state index contributed by atoms with van der Waals surface area (Å²) in [5.41, 5.74) is 0.304. The van der Waals surface area contributed by atoms with Crippen LogP contribution in [0.15, 0.2) is 0 Å². The van der Waals surface area contributed by atoms with E-state index in [9.17, 15) is 4.79 Å². The summed E-state index contributed by atoms with van der Waals surface area (Å²) in [7, 11) is 0. The molecule has 1 aliphatic heterocycles. The van der Waals surface area contributed by atoms with E-state index in [4.69, 9.17) is 0 Å². The smallest absolute Gasteiger partial charge is 0.224 e. The van der Waals surface area contributed by atoms with E-state index < -0.39 is 0 Å². The molecule has 1 aliphatic carbocycles. The Kier molecular flexibility index (Phi) is 0.773. The predicted octanol–water partition coefficient (Wildman–Crippen LogP) is 0.921. The summed E-state index contributed by atoms with van der Waals surface area (Å²) in [6.45, 7) is 6.41. The SMILES string of the molecule is CC1(C)NC(=O)[C@H]2C[C@@]21C. The molecule has 1 heterocycles. The molecule has 2 nitrogen and oxygen atoms in total. The first-order valence-corrected chi connectivity index (χ1v) is 3.79. The lowest BCUT2D eigenvalue weighted by molar-refractivity contribution is -0.121. The molecule has 2 aliphatic rings. The van der Waals surface area contributed by atoms with Gasteiger partial charge in [-0.25, -0.2) is 0 Å². The molecule has 0 aromatic rings. The molecule has 1 saturated carbocycles. The van der Waals surface area contributed by atoms with Crippen LogP contribution in [0.1, 0.15) is 27.2 Å². The third kappa shape index (κ3) is 0.446. The maximum Gasteiger partial charge on any atom is 0.224 e. The average Bonchev–Trinajstić information content (AvgIpc) is 2.37. The second-order valence-electron chi connectivity index (χ2n) is 4.29. The summed E-state index contributed by atoms with van der Waals surface area (Å²) in [4.78, 5) is 11.1. The van der Waals surface area contributed by atoms with Gasteiger partial charge in [-0.3, -0.25) is 4.79 Å². The number of hydrogen-bond acceptors (Lipinski definition) is 1. The molecule has 56 valence electrons. The lowest BCUT2D eigenvalue weighted by Gasteiger charge is -2.27. The van der Waals surface area contributed by atoms with Crippen LogP contribution in [0, 0.1) is 11.3 Å². The molecule has 2 rings (SSSR count). The van der Waals surface area contributed by atoms with Gasteiger partial charge < -0.3 is 5.32 Å². The summed E-state index contributed by atoms with van der Waals surface area (Å²) in [5.74, 6) is 0.579. The molecule has 0 aromatic carbocycles. The summed E-state index contributed by atoms with van der Waals surface area (Å²) < 4.78 is 0. The van der Waals surface area contributed by atoms with Gasteiger partial charge in [-0.05, 0) is 20.3 Å². The van der Waals surface area contributed by atoms with Gasteiger partial charge in [0, 0.05) is 16.9 Å². The second kappa shape index (κ2) is 1.25. The topological polar surface area (TPSA) is 29.1 Å². The Labute approximate surface area is 61.0 Å². The minimum absolute atomic E-state index is 0.0365. The first-order chi connectivity index (χ1) is 4.47. The van der Waals surface area contributed by atoms with Crippen molar-refractivity contribution in [3.05, 3.63) is 0 Å². The zero-order valence-corrected chi connectivity index (χ0v) is 6.69. The van der Waals surface area contributed by atoms with Crippen molar-refractivity contribution >= 4 is 5.91 Å². The van der Waals surface area contributed by atoms with Crippen molar-refractivity contribution in [1.82, 2.24) is 5.32 Å². The van der Waals surface area contributed by atoms with Crippen LogP contribution in [-0.4, -0.2) is 11.4 Å². The van der Waals surface area contributed by atoms with Gasteiger partial charge in [0.15, 0.2) is 0 Å². The number of amides is 1. The molecule has 0 radical (unpaired) electrons. The van der Waals surface area contributed by atoms with Crippen LogP contribution in [0.2, 0.25) is 0 Å². The average molecular weight is 139 g/mol. The van der Waals surface area contributed by atoms with Crippen molar-refractivity contribution in [2.45, 2.75) is 32.7 Å². The molecule has 0 spiro atoms. The van der Waals surface area contributed by atoms with Crippen molar-refractivity contribution < 1.29 is 4.79 Å². The van der Waals surface area contributed by atoms with Crippen LogP contribution in [0.25, 0.3) is 0 Å². The van der Waals surface area contributed by atoms with Gasteiger partial charge in [0.05, 0.1) is 0 Å². The summed E-state index contributed by atoms with van der Waals surface area (Å²) in [6, 6.07) is 0. The van der Waals surface area contributed by atoms with Gasteiger partial charge in [-0.2, -0.15) is 0 Å². The number of carbonyl (C=O) groups is 1. The van der Waals surface area contributed by atoms with Crippen LogP contribution in [0.3, 0.4) is 0 Å². The van der Waals surface area contributed by atoms with E-state index >= 15 is 0 Å². The number of nitrogens with one attached hydrogen (secondary N) is 1. The Morgan fingerprint density at radius 1 is 1.50 bits per heavy atom. The van der Waals surface area contributed by atoms with Crippen molar-refractivity contribution in [3.63, 3.8) is 0 Å². The maximum absolute atomic E-state index is 11.1. The van der Waals surface area contributed by atoms with Gasteiger partial charge in [0.25, 0.3) is 0 Å². The monoisotopic (exact) mass is 139 g/mol. The minimum Gasteiger partial charge on any atom is -0.350 e. The number of piperidine rings is 1. The van der Waals surface area contributed by atoms with Gasteiger partial charge in [-0.1, -0.05) is 6.92 Å². The Bertz CT molecular complexity index is 207. The number of rotatable bonds is 0. The van der Waals surface area contributed by atoms with Crippen LogP contribution in [-0.2, 0) is 4.79 Å². The normalized spacial score (nSPS) is 48.3. The Balaban J connectivity index is 2.37. The number of hydrogen-bond donors (Lipinski definition) is 1. The lowest BCUT2D eigenvalue weighted by atomic mass is 9.87. The molecule has 1 saturated heterocycles. The van der Waals surface area contributed by atoms with E-state index in [1.54, 1.807) is 0 Å². The first kappa shape index (κ1) is 6.20. The largest absolute Gasteiger partial charge is 0.350 e. The van der Waals surface area contributed by atoms with Gasteiger partial charge >= 0.3 is 0 Å². The number of carbonyl (C=O) groups excluding carboxylic acids is 1. The van der Waals surface area contributed by atoms with Gasteiger partial charge in [-0.15, -0.1) is 0 Å². The Morgan fingerprint density at radius 2 is 2.10 bits per heavy atom. The highest BCUT2D eigenvalue weighted by molar-refractivity contribution is 5.87. The molecular formula is C8H13NO.